The maximum absolute atomic E-state index is 11.6. The van der Waals surface area contributed by atoms with Crippen LogP contribution in [-0.4, -0.2) is 55.1 Å². The summed E-state index contributed by atoms with van der Waals surface area (Å²) in [6.07, 6.45) is 2.06. The minimum Gasteiger partial charge on any atom is -0.383 e. The molecule has 1 aromatic rings. The first kappa shape index (κ1) is 14.3. The highest BCUT2D eigenvalue weighted by molar-refractivity contribution is 7.89. The molecule has 2 rings (SSSR count). The zero-order valence-electron chi connectivity index (χ0n) is 10.6. The summed E-state index contributed by atoms with van der Waals surface area (Å²) in [5, 5.41) is 6.30. The molecule has 0 amide bonds. The standard InChI is InChI=1S/C10H16ClN5O2S/c1-12-8-9(11)14-7-15-10(8)13-3-5-16-4-2-6-19(16,17)18/h7,12H,2-6H2,1H3,(H,13,14,15). The van der Waals surface area contributed by atoms with E-state index in [-0.39, 0.29) is 5.75 Å². The Hall–Kier alpha value is -1.12. The summed E-state index contributed by atoms with van der Waals surface area (Å²) in [7, 11) is -1.32. The summed E-state index contributed by atoms with van der Waals surface area (Å²) in [4.78, 5) is 7.94. The summed E-state index contributed by atoms with van der Waals surface area (Å²) < 4.78 is 24.7. The molecule has 1 fully saturated rings. The second kappa shape index (κ2) is 5.89. The lowest BCUT2D eigenvalue weighted by Gasteiger charge is -2.16. The summed E-state index contributed by atoms with van der Waals surface area (Å²) in [5.74, 6) is 0.813. The van der Waals surface area contributed by atoms with Gasteiger partial charge in [-0.3, -0.25) is 0 Å². The van der Waals surface area contributed by atoms with E-state index in [1.165, 1.54) is 10.6 Å². The molecule has 0 radical (unpaired) electrons. The summed E-state index contributed by atoms with van der Waals surface area (Å²) in [6.45, 7) is 1.49. The molecule has 0 aromatic carbocycles. The molecule has 2 N–H and O–H groups in total. The van der Waals surface area contributed by atoms with E-state index in [4.69, 9.17) is 11.6 Å². The summed E-state index contributed by atoms with van der Waals surface area (Å²) >= 11 is 5.92. The molecule has 0 atom stereocenters. The summed E-state index contributed by atoms with van der Waals surface area (Å²) in [5.41, 5.74) is 0.605. The van der Waals surface area contributed by atoms with Crippen LogP contribution in [0.4, 0.5) is 11.5 Å². The molecule has 0 unspecified atom stereocenters. The largest absolute Gasteiger partial charge is 0.383 e. The Morgan fingerprint density at radius 3 is 2.89 bits per heavy atom. The van der Waals surface area contributed by atoms with Gasteiger partial charge in [0.15, 0.2) is 11.0 Å². The maximum Gasteiger partial charge on any atom is 0.214 e. The second-order valence-electron chi connectivity index (χ2n) is 4.13. The lowest BCUT2D eigenvalue weighted by atomic mass is 10.4. The maximum atomic E-state index is 11.6. The fourth-order valence-corrected chi connectivity index (χ4v) is 3.72. The molecular weight excluding hydrogens is 290 g/mol. The van der Waals surface area contributed by atoms with E-state index in [0.29, 0.717) is 42.7 Å². The van der Waals surface area contributed by atoms with Crippen LogP contribution in [0.2, 0.25) is 5.15 Å². The molecule has 0 bridgehead atoms. The third-order valence-electron chi connectivity index (χ3n) is 2.91. The highest BCUT2D eigenvalue weighted by Gasteiger charge is 2.27. The third-order valence-corrected chi connectivity index (χ3v) is 5.15. The highest BCUT2D eigenvalue weighted by Crippen LogP contribution is 2.25. The number of halogens is 1. The van der Waals surface area contributed by atoms with Crippen molar-refractivity contribution in [3.05, 3.63) is 11.5 Å². The van der Waals surface area contributed by atoms with Gasteiger partial charge in [0, 0.05) is 26.7 Å². The van der Waals surface area contributed by atoms with Gasteiger partial charge in [-0.15, -0.1) is 0 Å². The number of nitrogens with zero attached hydrogens (tertiary/aromatic N) is 3. The van der Waals surface area contributed by atoms with Crippen molar-refractivity contribution >= 4 is 33.1 Å². The quantitative estimate of drug-likeness (QED) is 0.776. The SMILES string of the molecule is CNc1c(Cl)ncnc1NCCN1CCCS1(=O)=O. The van der Waals surface area contributed by atoms with Crippen molar-refractivity contribution in [3.8, 4) is 0 Å². The van der Waals surface area contributed by atoms with E-state index in [9.17, 15) is 8.42 Å². The number of rotatable bonds is 5. The van der Waals surface area contributed by atoms with Crippen molar-refractivity contribution in [1.29, 1.82) is 0 Å². The number of sulfonamides is 1. The van der Waals surface area contributed by atoms with Crippen LogP contribution in [0.15, 0.2) is 6.33 Å². The van der Waals surface area contributed by atoms with Crippen LogP contribution in [0, 0.1) is 0 Å². The smallest absolute Gasteiger partial charge is 0.214 e. The zero-order chi connectivity index (χ0) is 13.9. The molecule has 1 aromatic heterocycles. The molecule has 106 valence electrons. The van der Waals surface area contributed by atoms with E-state index in [0.717, 1.165) is 0 Å². The van der Waals surface area contributed by atoms with E-state index in [1.807, 2.05) is 0 Å². The number of aromatic nitrogens is 2. The Morgan fingerprint density at radius 1 is 1.47 bits per heavy atom. The first-order chi connectivity index (χ1) is 9.04. The number of hydrogen-bond acceptors (Lipinski definition) is 6. The van der Waals surface area contributed by atoms with Crippen molar-refractivity contribution in [3.63, 3.8) is 0 Å². The van der Waals surface area contributed by atoms with E-state index < -0.39 is 10.0 Å². The van der Waals surface area contributed by atoms with Gasteiger partial charge < -0.3 is 10.6 Å². The van der Waals surface area contributed by atoms with Gasteiger partial charge >= 0.3 is 0 Å². The van der Waals surface area contributed by atoms with Crippen molar-refractivity contribution in [2.75, 3.05) is 43.1 Å². The van der Waals surface area contributed by atoms with Crippen LogP contribution in [0.1, 0.15) is 6.42 Å². The molecule has 1 aliphatic rings. The third kappa shape index (κ3) is 3.26. The number of anilines is 2. The minimum atomic E-state index is -3.05. The van der Waals surface area contributed by atoms with Crippen LogP contribution < -0.4 is 10.6 Å². The van der Waals surface area contributed by atoms with Crippen LogP contribution in [0.25, 0.3) is 0 Å². The topological polar surface area (TPSA) is 87.2 Å². The van der Waals surface area contributed by atoms with E-state index >= 15 is 0 Å². The molecule has 19 heavy (non-hydrogen) atoms. The van der Waals surface area contributed by atoms with Gasteiger partial charge in [0.1, 0.15) is 12.0 Å². The molecular formula is C10H16ClN5O2S. The Balaban J connectivity index is 1.95. The lowest BCUT2D eigenvalue weighted by molar-refractivity contribution is 0.456. The average Bonchev–Trinajstić information content (AvgIpc) is 2.69. The molecule has 0 aliphatic carbocycles. The molecule has 7 nitrogen and oxygen atoms in total. The fraction of sp³-hybridized carbons (Fsp3) is 0.600. The van der Waals surface area contributed by atoms with E-state index in [1.54, 1.807) is 7.05 Å². The first-order valence-corrected chi connectivity index (χ1v) is 7.93. The molecule has 2 heterocycles. The first-order valence-electron chi connectivity index (χ1n) is 5.94. The highest BCUT2D eigenvalue weighted by atomic mass is 35.5. The lowest BCUT2D eigenvalue weighted by Crippen LogP contribution is -2.31. The minimum absolute atomic E-state index is 0.244. The molecule has 1 saturated heterocycles. The Kier molecular flexibility index (Phi) is 4.43. The molecule has 0 saturated carbocycles. The van der Waals surface area contributed by atoms with Gasteiger partial charge in [-0.1, -0.05) is 11.6 Å². The predicted molar refractivity (Wildman–Crippen MR) is 75.1 cm³/mol. The Bertz CT molecular complexity index is 551. The van der Waals surface area contributed by atoms with Gasteiger partial charge in [0.25, 0.3) is 0 Å². The zero-order valence-corrected chi connectivity index (χ0v) is 12.1. The number of hydrogen-bond donors (Lipinski definition) is 2. The molecule has 9 heteroatoms. The van der Waals surface area contributed by atoms with Crippen molar-refractivity contribution in [2.24, 2.45) is 0 Å². The van der Waals surface area contributed by atoms with Gasteiger partial charge in [-0.2, -0.15) is 0 Å². The monoisotopic (exact) mass is 305 g/mol. The van der Waals surface area contributed by atoms with Crippen LogP contribution in [-0.2, 0) is 10.0 Å². The van der Waals surface area contributed by atoms with Crippen LogP contribution >= 0.6 is 11.6 Å². The molecule has 0 spiro atoms. The van der Waals surface area contributed by atoms with Gasteiger partial charge in [-0.25, -0.2) is 22.7 Å². The average molecular weight is 306 g/mol. The van der Waals surface area contributed by atoms with Crippen LogP contribution in [0.3, 0.4) is 0 Å². The second-order valence-corrected chi connectivity index (χ2v) is 6.58. The van der Waals surface area contributed by atoms with Gasteiger partial charge in [0.2, 0.25) is 10.0 Å². The summed E-state index contributed by atoms with van der Waals surface area (Å²) in [6, 6.07) is 0. The van der Waals surface area contributed by atoms with Crippen molar-refractivity contribution < 1.29 is 8.42 Å². The fourth-order valence-electron chi connectivity index (χ4n) is 1.96. The van der Waals surface area contributed by atoms with Gasteiger partial charge in [0.05, 0.1) is 5.75 Å². The van der Waals surface area contributed by atoms with Crippen molar-refractivity contribution in [1.82, 2.24) is 14.3 Å². The Morgan fingerprint density at radius 2 is 2.26 bits per heavy atom. The van der Waals surface area contributed by atoms with Crippen molar-refractivity contribution in [2.45, 2.75) is 6.42 Å². The molecule has 1 aliphatic heterocycles. The van der Waals surface area contributed by atoms with Crippen LogP contribution in [0.5, 0.6) is 0 Å². The Labute approximate surface area is 117 Å². The number of nitrogens with one attached hydrogen (secondary N) is 2. The normalized spacial score (nSPS) is 18.4. The predicted octanol–water partition coefficient (Wildman–Crippen LogP) is 0.619. The van der Waals surface area contributed by atoms with E-state index in [2.05, 4.69) is 20.6 Å². The van der Waals surface area contributed by atoms with Gasteiger partial charge in [-0.05, 0) is 6.42 Å².